The molecule has 0 radical (unpaired) electrons. The number of nitrogens with one attached hydrogen (secondary N) is 1. The Morgan fingerprint density at radius 3 is 2.54 bits per heavy atom. The van der Waals surface area contributed by atoms with Crippen molar-refractivity contribution in [3.63, 3.8) is 0 Å². The smallest absolute Gasteiger partial charge is 0.312 e. The summed E-state index contributed by atoms with van der Waals surface area (Å²) < 4.78 is 0.592. The van der Waals surface area contributed by atoms with Crippen molar-refractivity contribution in [1.82, 2.24) is 10.2 Å². The van der Waals surface area contributed by atoms with E-state index in [-0.39, 0.29) is 42.3 Å². The van der Waals surface area contributed by atoms with Crippen LogP contribution in [0.25, 0.3) is 0 Å². The summed E-state index contributed by atoms with van der Waals surface area (Å²) in [5.41, 5.74) is 1.28. The second-order valence-electron chi connectivity index (χ2n) is 5.58. The molecule has 136 valence electrons. The highest BCUT2D eigenvalue weighted by molar-refractivity contribution is 9.10. The van der Waals surface area contributed by atoms with Gasteiger partial charge in [-0.2, -0.15) is 0 Å². The van der Waals surface area contributed by atoms with Crippen molar-refractivity contribution in [1.29, 1.82) is 0 Å². The van der Waals surface area contributed by atoms with Crippen molar-refractivity contribution in [3.8, 4) is 5.75 Å². The second kappa shape index (κ2) is 10.2. The van der Waals surface area contributed by atoms with Crippen LogP contribution in [0, 0.1) is 10.1 Å². The number of phenols is 1. The Kier molecular flexibility index (Phi) is 9.84. The lowest BCUT2D eigenvalue weighted by Gasteiger charge is -2.35. The number of rotatable bonds is 5. The number of benzene rings is 1. The van der Waals surface area contributed by atoms with Gasteiger partial charge in [-0.05, 0) is 19.4 Å². The quantitative estimate of drug-likeness (QED) is 0.411. The fourth-order valence-corrected chi connectivity index (χ4v) is 3.22. The first-order valence-corrected chi connectivity index (χ1v) is 7.95. The molecule has 0 aromatic heterocycles. The van der Waals surface area contributed by atoms with E-state index in [9.17, 15) is 15.2 Å². The van der Waals surface area contributed by atoms with Gasteiger partial charge in [0.2, 0.25) is 0 Å². The van der Waals surface area contributed by atoms with Gasteiger partial charge in [-0.1, -0.05) is 21.5 Å². The Labute approximate surface area is 162 Å². The van der Waals surface area contributed by atoms with Crippen molar-refractivity contribution < 1.29 is 10.0 Å². The lowest BCUT2D eigenvalue weighted by atomic mass is 9.96. The number of aromatic hydroxyl groups is 1. The third-order valence-electron chi connectivity index (χ3n) is 3.77. The van der Waals surface area contributed by atoms with E-state index in [1.807, 2.05) is 6.92 Å². The predicted octanol–water partition coefficient (Wildman–Crippen LogP) is 3.82. The first-order chi connectivity index (χ1) is 10.4. The minimum atomic E-state index is -0.556. The molecule has 0 bridgehead atoms. The molecule has 0 aliphatic carbocycles. The standard InChI is InChI=1S/C15H20BrN3O3.2ClH/c1-10(2)7-13(18-5-3-17-4-6-18)12-8-11(16)9-14(15(12)20)19(21)22;;/h8-9,13,17,20H,1,3-7H2,2H3;2*1H/t13-;;/m0../s1. The summed E-state index contributed by atoms with van der Waals surface area (Å²) in [5, 5.41) is 24.8. The highest BCUT2D eigenvalue weighted by Crippen LogP contribution is 2.40. The summed E-state index contributed by atoms with van der Waals surface area (Å²) in [6, 6.07) is 2.97. The molecule has 1 saturated heterocycles. The highest BCUT2D eigenvalue weighted by Gasteiger charge is 2.28. The van der Waals surface area contributed by atoms with Crippen molar-refractivity contribution in [2.45, 2.75) is 19.4 Å². The molecule has 9 heteroatoms. The molecule has 2 N–H and O–H groups in total. The average Bonchev–Trinajstić information content (AvgIpc) is 2.47. The Bertz CT molecular complexity index is 596. The number of hydrogen-bond acceptors (Lipinski definition) is 5. The number of phenolic OH excluding ortho intramolecular Hbond substituents is 1. The lowest BCUT2D eigenvalue weighted by Crippen LogP contribution is -2.45. The van der Waals surface area contributed by atoms with Crippen molar-refractivity contribution >= 4 is 46.4 Å². The molecule has 1 aliphatic rings. The second-order valence-corrected chi connectivity index (χ2v) is 6.50. The van der Waals surface area contributed by atoms with Crippen LogP contribution in [-0.4, -0.2) is 41.1 Å². The molecule has 6 nitrogen and oxygen atoms in total. The minimum Gasteiger partial charge on any atom is -0.502 e. The zero-order valence-electron chi connectivity index (χ0n) is 13.3. The molecule has 1 heterocycles. The van der Waals surface area contributed by atoms with E-state index >= 15 is 0 Å². The topological polar surface area (TPSA) is 78.6 Å². The van der Waals surface area contributed by atoms with Gasteiger partial charge in [-0.3, -0.25) is 15.0 Å². The summed E-state index contributed by atoms with van der Waals surface area (Å²) in [4.78, 5) is 12.8. The number of halogens is 3. The van der Waals surface area contributed by atoms with Gasteiger partial charge in [0.25, 0.3) is 0 Å². The van der Waals surface area contributed by atoms with Gasteiger partial charge >= 0.3 is 5.69 Å². The van der Waals surface area contributed by atoms with E-state index in [4.69, 9.17) is 0 Å². The third-order valence-corrected chi connectivity index (χ3v) is 4.23. The fourth-order valence-electron chi connectivity index (χ4n) is 2.76. The molecule has 1 atom stereocenters. The Balaban J connectivity index is 0.00000264. The van der Waals surface area contributed by atoms with Gasteiger partial charge in [0.05, 0.1) is 4.92 Å². The lowest BCUT2D eigenvalue weighted by molar-refractivity contribution is -0.386. The van der Waals surface area contributed by atoms with Crippen LogP contribution < -0.4 is 5.32 Å². The number of nitro groups is 1. The van der Waals surface area contributed by atoms with Gasteiger partial charge < -0.3 is 10.4 Å². The molecule has 1 aromatic rings. The average molecular weight is 443 g/mol. The molecule has 0 amide bonds. The van der Waals surface area contributed by atoms with Crippen LogP contribution in [0.3, 0.4) is 0 Å². The van der Waals surface area contributed by atoms with Crippen LogP contribution in [0.4, 0.5) is 5.69 Å². The molecule has 1 fully saturated rings. The van der Waals surface area contributed by atoms with Crippen LogP contribution in [0.15, 0.2) is 28.8 Å². The summed E-state index contributed by atoms with van der Waals surface area (Å²) in [5.74, 6) is -0.252. The molecule has 0 spiro atoms. The monoisotopic (exact) mass is 441 g/mol. The summed E-state index contributed by atoms with van der Waals surface area (Å²) in [6.07, 6.45) is 0.654. The molecular formula is C15H22BrCl2N3O3. The van der Waals surface area contributed by atoms with Crippen molar-refractivity contribution in [2.24, 2.45) is 0 Å². The summed E-state index contributed by atoms with van der Waals surface area (Å²) in [6.45, 7) is 9.28. The first kappa shape index (κ1) is 23.1. The van der Waals surface area contributed by atoms with Crippen LogP contribution in [0.1, 0.15) is 24.9 Å². The molecule has 1 aliphatic heterocycles. The fraction of sp³-hybridized carbons (Fsp3) is 0.467. The van der Waals surface area contributed by atoms with Crippen LogP contribution in [-0.2, 0) is 0 Å². The van der Waals surface area contributed by atoms with E-state index in [2.05, 4.69) is 32.7 Å². The Hall–Kier alpha value is -0.860. The minimum absolute atomic E-state index is 0. The van der Waals surface area contributed by atoms with Crippen molar-refractivity contribution in [2.75, 3.05) is 26.2 Å². The van der Waals surface area contributed by atoms with Crippen LogP contribution >= 0.6 is 40.7 Å². The normalized spacial score (nSPS) is 15.8. The molecule has 0 saturated carbocycles. The van der Waals surface area contributed by atoms with E-state index in [1.165, 1.54) is 6.07 Å². The molecule has 2 rings (SSSR count). The SMILES string of the molecule is C=C(C)C[C@@H](c1cc(Br)cc([N+](=O)[O-])c1O)N1CCNCC1.Cl.Cl. The van der Waals surface area contributed by atoms with Gasteiger partial charge in [-0.15, -0.1) is 31.4 Å². The summed E-state index contributed by atoms with van der Waals surface area (Å²) >= 11 is 3.31. The highest BCUT2D eigenvalue weighted by atomic mass is 79.9. The van der Waals surface area contributed by atoms with Gasteiger partial charge in [0.1, 0.15) is 0 Å². The van der Waals surface area contributed by atoms with Crippen molar-refractivity contribution in [3.05, 3.63) is 44.4 Å². The van der Waals surface area contributed by atoms with Gasteiger partial charge in [-0.25, -0.2) is 0 Å². The maximum absolute atomic E-state index is 11.1. The van der Waals surface area contributed by atoms with Gasteiger partial charge in [0.15, 0.2) is 5.75 Å². The maximum atomic E-state index is 11.1. The first-order valence-electron chi connectivity index (χ1n) is 7.16. The van der Waals surface area contributed by atoms with Crippen LogP contribution in [0.2, 0.25) is 0 Å². The molecular weight excluding hydrogens is 421 g/mol. The Morgan fingerprint density at radius 1 is 1.46 bits per heavy atom. The van der Waals surface area contributed by atoms with E-state index in [1.54, 1.807) is 6.07 Å². The van der Waals surface area contributed by atoms with E-state index in [0.29, 0.717) is 16.5 Å². The molecule has 0 unspecified atom stereocenters. The summed E-state index contributed by atoms with van der Waals surface area (Å²) in [7, 11) is 0. The number of nitrogens with zero attached hydrogens (tertiary/aromatic N) is 2. The maximum Gasteiger partial charge on any atom is 0.312 e. The Morgan fingerprint density at radius 2 is 2.04 bits per heavy atom. The third kappa shape index (κ3) is 5.60. The predicted molar refractivity (Wildman–Crippen MR) is 104 cm³/mol. The van der Waals surface area contributed by atoms with E-state index < -0.39 is 4.92 Å². The zero-order valence-corrected chi connectivity index (χ0v) is 16.5. The molecule has 24 heavy (non-hydrogen) atoms. The van der Waals surface area contributed by atoms with Crippen LogP contribution in [0.5, 0.6) is 5.75 Å². The molecule has 1 aromatic carbocycles. The van der Waals surface area contributed by atoms with Gasteiger partial charge in [0, 0.05) is 48.3 Å². The zero-order chi connectivity index (χ0) is 16.3. The van der Waals surface area contributed by atoms with E-state index in [0.717, 1.165) is 31.8 Å². The number of nitro benzene ring substituents is 1. The largest absolute Gasteiger partial charge is 0.502 e. The number of piperazine rings is 1. The number of hydrogen-bond donors (Lipinski definition) is 2.